The molecule has 0 radical (unpaired) electrons. The highest BCUT2D eigenvalue weighted by Crippen LogP contribution is 2.27. The molecule has 1 fully saturated rings. The summed E-state index contributed by atoms with van der Waals surface area (Å²) in [5.74, 6) is -0.203. The van der Waals surface area contributed by atoms with Crippen LogP contribution in [0, 0.1) is 0 Å². The number of benzene rings is 1. The Labute approximate surface area is 183 Å². The van der Waals surface area contributed by atoms with Crippen LogP contribution >= 0.6 is 0 Å². The average Bonchev–Trinajstić information content (AvgIpc) is 3.18. The average molecular weight is 422 g/mol. The van der Waals surface area contributed by atoms with Crippen molar-refractivity contribution >= 4 is 28.3 Å². The number of amides is 1. The van der Waals surface area contributed by atoms with Crippen molar-refractivity contribution in [1.29, 1.82) is 0 Å². The molecule has 0 aliphatic carbocycles. The van der Waals surface area contributed by atoms with Gasteiger partial charge in [-0.1, -0.05) is 12.1 Å². The lowest BCUT2D eigenvalue weighted by molar-refractivity contribution is 0.0948. The Morgan fingerprint density at radius 1 is 1.16 bits per heavy atom. The highest BCUT2D eigenvalue weighted by Gasteiger charge is 2.16. The lowest BCUT2D eigenvalue weighted by Crippen LogP contribution is -2.43. The van der Waals surface area contributed by atoms with E-state index in [1.165, 1.54) is 11.3 Å². The zero-order valence-corrected chi connectivity index (χ0v) is 18.5. The van der Waals surface area contributed by atoms with Gasteiger partial charge in [0.1, 0.15) is 0 Å². The molecule has 8 heteroatoms. The summed E-state index contributed by atoms with van der Waals surface area (Å²) in [6, 6.07) is 10.7. The van der Waals surface area contributed by atoms with Gasteiger partial charge in [0.25, 0.3) is 5.91 Å². The maximum absolute atomic E-state index is 12.6. The highest BCUT2D eigenvalue weighted by atomic mass is 16.1. The fraction of sp³-hybridized carbons (Fsp3) is 0.435. The first-order valence-electron chi connectivity index (χ1n) is 11.0. The van der Waals surface area contributed by atoms with Gasteiger partial charge in [0.15, 0.2) is 11.3 Å². The van der Waals surface area contributed by atoms with Gasteiger partial charge in [0, 0.05) is 63.1 Å². The summed E-state index contributed by atoms with van der Waals surface area (Å²) in [6.45, 7) is 8.88. The number of carbonyl (C=O) groups excluding carboxylic acids is 1. The minimum Gasteiger partial charge on any atom is -0.386 e. The van der Waals surface area contributed by atoms with Gasteiger partial charge in [0.05, 0.1) is 5.69 Å². The number of nitrogens with zero attached hydrogens (tertiary/aromatic N) is 4. The molecule has 4 rings (SSSR count). The molecule has 1 aromatic carbocycles. The molecule has 8 nitrogen and oxygen atoms in total. The standard InChI is InChI=1S/C23H31N7O/c1-16(2)30-15-21(24-3)19-14-20(27-28-22(19)30)23(31)26-9-8-17-4-6-18(7-5-17)29-12-10-25-11-13-29/h4-7,14-16,24-25H,8-13H2,1-3H3,(H,26,31). The fourth-order valence-electron chi connectivity index (χ4n) is 3.96. The van der Waals surface area contributed by atoms with E-state index in [0.29, 0.717) is 12.2 Å². The topological polar surface area (TPSA) is 87.1 Å². The van der Waals surface area contributed by atoms with Crippen molar-refractivity contribution in [1.82, 2.24) is 25.4 Å². The van der Waals surface area contributed by atoms with E-state index in [4.69, 9.17) is 0 Å². The van der Waals surface area contributed by atoms with Crippen LogP contribution in [0.15, 0.2) is 36.5 Å². The van der Waals surface area contributed by atoms with Crippen LogP contribution in [0.4, 0.5) is 11.4 Å². The summed E-state index contributed by atoms with van der Waals surface area (Å²) in [5, 5.41) is 18.9. The van der Waals surface area contributed by atoms with Gasteiger partial charge < -0.3 is 25.4 Å². The molecular weight excluding hydrogens is 390 g/mol. The SMILES string of the molecule is CNc1cn(C(C)C)c2nnc(C(=O)NCCc3ccc(N4CCNCC4)cc3)cc12. The smallest absolute Gasteiger partial charge is 0.271 e. The summed E-state index contributed by atoms with van der Waals surface area (Å²) >= 11 is 0. The third-order valence-corrected chi connectivity index (χ3v) is 5.75. The third-order valence-electron chi connectivity index (χ3n) is 5.75. The molecule has 1 amide bonds. The van der Waals surface area contributed by atoms with Crippen molar-refractivity contribution in [3.05, 3.63) is 47.8 Å². The van der Waals surface area contributed by atoms with Gasteiger partial charge in [-0.05, 0) is 44.0 Å². The maximum atomic E-state index is 12.6. The Balaban J connectivity index is 1.37. The van der Waals surface area contributed by atoms with E-state index < -0.39 is 0 Å². The summed E-state index contributed by atoms with van der Waals surface area (Å²) in [5.41, 5.74) is 4.51. The zero-order valence-electron chi connectivity index (χ0n) is 18.5. The van der Waals surface area contributed by atoms with Crippen molar-refractivity contribution in [3.8, 4) is 0 Å². The number of aromatic nitrogens is 3. The Morgan fingerprint density at radius 2 is 1.90 bits per heavy atom. The number of rotatable bonds is 7. The molecule has 1 aliphatic rings. The summed E-state index contributed by atoms with van der Waals surface area (Å²) in [4.78, 5) is 15.0. The lowest BCUT2D eigenvalue weighted by atomic mass is 10.1. The van der Waals surface area contributed by atoms with Crippen LogP contribution in [0.3, 0.4) is 0 Å². The van der Waals surface area contributed by atoms with Crippen LogP contribution in [-0.2, 0) is 6.42 Å². The minimum absolute atomic E-state index is 0.203. The predicted molar refractivity (Wildman–Crippen MR) is 125 cm³/mol. The van der Waals surface area contributed by atoms with E-state index in [9.17, 15) is 4.79 Å². The molecule has 0 atom stereocenters. The van der Waals surface area contributed by atoms with Gasteiger partial charge in [-0.15, -0.1) is 10.2 Å². The van der Waals surface area contributed by atoms with Crippen molar-refractivity contribution in [2.24, 2.45) is 0 Å². The molecule has 0 unspecified atom stereocenters. The monoisotopic (exact) mass is 421 g/mol. The van der Waals surface area contributed by atoms with Gasteiger partial charge >= 0.3 is 0 Å². The number of anilines is 2. The van der Waals surface area contributed by atoms with Crippen molar-refractivity contribution in [2.45, 2.75) is 26.3 Å². The molecule has 1 saturated heterocycles. The van der Waals surface area contributed by atoms with Crippen LogP contribution in [-0.4, -0.2) is 60.4 Å². The highest BCUT2D eigenvalue weighted by molar-refractivity contribution is 5.98. The van der Waals surface area contributed by atoms with Crippen LogP contribution in [0.5, 0.6) is 0 Å². The van der Waals surface area contributed by atoms with Crippen LogP contribution < -0.4 is 20.9 Å². The normalized spacial score (nSPS) is 14.3. The van der Waals surface area contributed by atoms with E-state index in [0.717, 1.165) is 49.3 Å². The van der Waals surface area contributed by atoms with Gasteiger partial charge in [-0.25, -0.2) is 0 Å². The van der Waals surface area contributed by atoms with E-state index in [1.54, 1.807) is 0 Å². The third kappa shape index (κ3) is 4.64. The Hall–Kier alpha value is -3.13. The summed E-state index contributed by atoms with van der Waals surface area (Å²) in [6.07, 6.45) is 2.78. The lowest BCUT2D eigenvalue weighted by Gasteiger charge is -2.29. The number of hydrogen-bond donors (Lipinski definition) is 3. The van der Waals surface area contributed by atoms with Crippen LogP contribution in [0.2, 0.25) is 0 Å². The molecule has 3 N–H and O–H groups in total. The Kier molecular flexibility index (Phi) is 6.36. The molecule has 31 heavy (non-hydrogen) atoms. The first-order valence-corrected chi connectivity index (χ1v) is 11.0. The summed E-state index contributed by atoms with van der Waals surface area (Å²) in [7, 11) is 1.87. The molecule has 3 aromatic rings. The quantitative estimate of drug-likeness (QED) is 0.543. The first-order chi connectivity index (χ1) is 15.1. The molecule has 0 spiro atoms. The molecule has 0 bridgehead atoms. The molecule has 0 saturated carbocycles. The van der Waals surface area contributed by atoms with Crippen molar-refractivity contribution in [3.63, 3.8) is 0 Å². The van der Waals surface area contributed by atoms with E-state index in [2.05, 4.69) is 73.7 Å². The molecule has 1 aliphatic heterocycles. The Morgan fingerprint density at radius 3 is 2.58 bits per heavy atom. The van der Waals surface area contributed by atoms with Crippen LogP contribution in [0.25, 0.3) is 11.0 Å². The van der Waals surface area contributed by atoms with Crippen molar-refractivity contribution < 1.29 is 4.79 Å². The number of nitrogens with one attached hydrogen (secondary N) is 3. The van der Waals surface area contributed by atoms with Crippen LogP contribution in [0.1, 0.15) is 35.9 Å². The largest absolute Gasteiger partial charge is 0.386 e. The molecule has 3 heterocycles. The van der Waals surface area contributed by atoms with Gasteiger partial charge in [-0.3, -0.25) is 4.79 Å². The summed E-state index contributed by atoms with van der Waals surface area (Å²) < 4.78 is 2.06. The Bertz CT molecular complexity index is 1040. The van der Waals surface area contributed by atoms with Gasteiger partial charge in [0.2, 0.25) is 0 Å². The fourth-order valence-corrected chi connectivity index (χ4v) is 3.96. The second kappa shape index (κ2) is 9.34. The van der Waals surface area contributed by atoms with E-state index in [-0.39, 0.29) is 11.9 Å². The first kappa shape index (κ1) is 21.1. The number of fused-ring (bicyclic) bond motifs is 1. The van der Waals surface area contributed by atoms with Gasteiger partial charge in [-0.2, -0.15) is 0 Å². The van der Waals surface area contributed by atoms with E-state index >= 15 is 0 Å². The number of piperazine rings is 1. The second-order valence-electron chi connectivity index (χ2n) is 8.17. The number of hydrogen-bond acceptors (Lipinski definition) is 6. The van der Waals surface area contributed by atoms with E-state index in [1.807, 2.05) is 19.3 Å². The predicted octanol–water partition coefficient (Wildman–Crippen LogP) is 2.44. The molecular formula is C23H31N7O. The number of carbonyl (C=O) groups is 1. The van der Waals surface area contributed by atoms with Crippen molar-refractivity contribution in [2.75, 3.05) is 50.0 Å². The molecule has 2 aromatic heterocycles. The zero-order chi connectivity index (χ0) is 21.8. The maximum Gasteiger partial charge on any atom is 0.271 e. The minimum atomic E-state index is -0.203. The molecule has 164 valence electrons. The second-order valence-corrected chi connectivity index (χ2v) is 8.17.